The van der Waals surface area contributed by atoms with Gasteiger partial charge >= 0.3 is 6.03 Å². The summed E-state index contributed by atoms with van der Waals surface area (Å²) in [4.78, 5) is 16.1. The second-order valence-corrected chi connectivity index (χ2v) is 10.9. The van der Waals surface area contributed by atoms with Crippen LogP contribution in [0.15, 0.2) is 30.3 Å². The molecule has 0 N–H and O–H groups in total. The number of rotatable bonds is 3. The zero-order valence-electron chi connectivity index (χ0n) is 15.6. The Hall–Kier alpha value is -2.07. The molecule has 1 unspecified atom stereocenters. The summed E-state index contributed by atoms with van der Waals surface area (Å²) in [6, 6.07) is 12.4. The van der Waals surface area contributed by atoms with Crippen LogP contribution in [0.5, 0.6) is 0 Å². The molecule has 0 bridgehead atoms. The maximum Gasteiger partial charge on any atom is 0.319 e. The molecule has 27 heavy (non-hydrogen) atoms. The topological polar surface area (TPSA) is 81.5 Å². The molecule has 0 aromatic heterocycles. The van der Waals surface area contributed by atoms with Gasteiger partial charge in [-0.1, -0.05) is 30.3 Å². The maximum absolute atomic E-state index is 12.6. The quantitative estimate of drug-likeness (QED) is 0.795. The molecule has 2 saturated heterocycles. The molecule has 2 heterocycles. The molecule has 3 aliphatic rings. The zero-order valence-corrected chi connectivity index (χ0v) is 16.4. The maximum atomic E-state index is 12.6. The highest BCUT2D eigenvalue weighted by atomic mass is 32.2. The van der Waals surface area contributed by atoms with E-state index in [9.17, 15) is 18.5 Å². The van der Waals surface area contributed by atoms with Gasteiger partial charge in [0.25, 0.3) is 0 Å². The first-order valence-electron chi connectivity index (χ1n) is 9.44. The molecule has 2 aliphatic heterocycles. The lowest BCUT2D eigenvalue weighted by molar-refractivity contribution is -0.0748. The predicted octanol–water partition coefficient (Wildman–Crippen LogP) is 2.03. The number of nitriles is 1. The zero-order chi connectivity index (χ0) is 19.3. The molecular formula is C20H25N3O3S. The Morgan fingerprint density at radius 3 is 2.52 bits per heavy atom. The second kappa shape index (κ2) is 6.23. The largest absolute Gasteiger partial charge is 0.327 e. The van der Waals surface area contributed by atoms with Crippen LogP contribution in [0.2, 0.25) is 0 Å². The summed E-state index contributed by atoms with van der Waals surface area (Å²) in [6.45, 7) is 1.87. The third-order valence-electron chi connectivity index (χ3n) is 6.40. The van der Waals surface area contributed by atoms with E-state index in [1.54, 1.807) is 11.9 Å². The van der Waals surface area contributed by atoms with Crippen LogP contribution >= 0.6 is 0 Å². The first-order chi connectivity index (χ1) is 12.8. The van der Waals surface area contributed by atoms with Crippen LogP contribution < -0.4 is 0 Å². The van der Waals surface area contributed by atoms with Gasteiger partial charge < -0.3 is 9.80 Å². The third-order valence-corrected chi connectivity index (χ3v) is 8.24. The van der Waals surface area contributed by atoms with Gasteiger partial charge in [0.2, 0.25) is 0 Å². The number of hydrogen-bond acceptors (Lipinski definition) is 4. The summed E-state index contributed by atoms with van der Waals surface area (Å²) in [6.07, 6.45) is 2.25. The van der Waals surface area contributed by atoms with E-state index in [-0.39, 0.29) is 28.9 Å². The standard InChI is InChI=1S/C20H25N3O3S/c1-22(9-16-7-8-27(25,26)10-16)18(24)23-14-19(15-23)11-20(12-19,13-21)17-5-3-2-4-6-17/h2-6,16H,7-12,14-15H2,1H3. The van der Waals surface area contributed by atoms with E-state index in [4.69, 9.17) is 0 Å². The highest BCUT2D eigenvalue weighted by molar-refractivity contribution is 7.91. The minimum absolute atomic E-state index is 0.0286. The average molecular weight is 388 g/mol. The summed E-state index contributed by atoms with van der Waals surface area (Å²) in [7, 11) is -1.16. The number of benzene rings is 1. The smallest absolute Gasteiger partial charge is 0.319 e. The molecule has 7 heteroatoms. The first kappa shape index (κ1) is 18.3. The number of likely N-dealkylation sites (tertiary alicyclic amines) is 1. The van der Waals surface area contributed by atoms with Crippen molar-refractivity contribution in [1.29, 1.82) is 5.26 Å². The van der Waals surface area contributed by atoms with Gasteiger partial charge in [0, 0.05) is 32.1 Å². The lowest BCUT2D eigenvalue weighted by Crippen LogP contribution is -2.68. The summed E-state index contributed by atoms with van der Waals surface area (Å²) in [5.74, 6) is 0.477. The number of hydrogen-bond donors (Lipinski definition) is 0. The van der Waals surface area contributed by atoms with Gasteiger partial charge in [-0.05, 0) is 30.7 Å². The number of amides is 2. The van der Waals surface area contributed by atoms with Crippen molar-refractivity contribution < 1.29 is 13.2 Å². The van der Waals surface area contributed by atoms with Crippen LogP contribution in [0.4, 0.5) is 4.79 Å². The normalized spacial score (nSPS) is 26.7. The molecule has 1 atom stereocenters. The summed E-state index contributed by atoms with van der Waals surface area (Å²) in [5, 5.41) is 9.72. The fraction of sp³-hybridized carbons (Fsp3) is 0.600. The molecule has 1 aromatic carbocycles. The van der Waals surface area contributed by atoms with E-state index in [2.05, 4.69) is 6.07 Å². The summed E-state index contributed by atoms with van der Waals surface area (Å²) in [5.41, 5.74) is 0.724. The molecule has 1 aliphatic carbocycles. The molecule has 4 rings (SSSR count). The van der Waals surface area contributed by atoms with E-state index in [1.807, 2.05) is 35.2 Å². The van der Waals surface area contributed by atoms with Crippen molar-refractivity contribution in [3.8, 4) is 6.07 Å². The Morgan fingerprint density at radius 2 is 1.96 bits per heavy atom. The molecule has 6 nitrogen and oxygen atoms in total. The van der Waals surface area contributed by atoms with Crippen molar-refractivity contribution in [2.45, 2.75) is 24.7 Å². The number of urea groups is 1. The number of carbonyl (C=O) groups is 1. The Labute approximate surface area is 160 Å². The Kier molecular flexibility index (Phi) is 4.22. The van der Waals surface area contributed by atoms with E-state index in [1.165, 1.54) is 0 Å². The fourth-order valence-electron chi connectivity index (χ4n) is 5.18. The van der Waals surface area contributed by atoms with Crippen molar-refractivity contribution >= 4 is 15.9 Å². The van der Waals surface area contributed by atoms with Crippen molar-refractivity contribution in [2.24, 2.45) is 11.3 Å². The molecule has 144 valence electrons. The van der Waals surface area contributed by atoms with Gasteiger partial charge in [0.1, 0.15) is 0 Å². The summed E-state index contributed by atoms with van der Waals surface area (Å²) < 4.78 is 23.2. The van der Waals surface area contributed by atoms with Gasteiger partial charge in [-0.3, -0.25) is 0 Å². The van der Waals surface area contributed by atoms with E-state index in [0.29, 0.717) is 26.1 Å². The average Bonchev–Trinajstić information content (AvgIpc) is 2.92. The Morgan fingerprint density at radius 1 is 1.30 bits per heavy atom. The van der Waals surface area contributed by atoms with Crippen molar-refractivity contribution in [3.63, 3.8) is 0 Å². The highest BCUT2D eigenvalue weighted by Crippen LogP contribution is 2.59. The minimum atomic E-state index is -2.92. The number of nitrogens with zero attached hydrogens (tertiary/aromatic N) is 3. The predicted molar refractivity (Wildman–Crippen MR) is 102 cm³/mol. The Balaban J connectivity index is 1.31. The highest BCUT2D eigenvalue weighted by Gasteiger charge is 2.62. The van der Waals surface area contributed by atoms with Gasteiger partial charge in [0.15, 0.2) is 9.84 Å². The van der Waals surface area contributed by atoms with Crippen LogP contribution in [0.1, 0.15) is 24.8 Å². The van der Waals surface area contributed by atoms with Crippen LogP contribution in [0.3, 0.4) is 0 Å². The van der Waals surface area contributed by atoms with Gasteiger partial charge in [-0.2, -0.15) is 5.26 Å². The van der Waals surface area contributed by atoms with Crippen molar-refractivity contribution in [2.75, 3.05) is 38.2 Å². The van der Waals surface area contributed by atoms with Crippen LogP contribution in [0.25, 0.3) is 0 Å². The van der Waals surface area contributed by atoms with Crippen molar-refractivity contribution in [1.82, 2.24) is 9.80 Å². The van der Waals surface area contributed by atoms with Crippen LogP contribution in [-0.2, 0) is 15.3 Å². The van der Waals surface area contributed by atoms with Crippen LogP contribution in [0, 0.1) is 22.7 Å². The molecule has 3 fully saturated rings. The second-order valence-electron chi connectivity index (χ2n) is 8.70. The first-order valence-corrected chi connectivity index (χ1v) is 11.3. The van der Waals surface area contributed by atoms with Crippen molar-refractivity contribution in [3.05, 3.63) is 35.9 Å². The van der Waals surface area contributed by atoms with E-state index >= 15 is 0 Å². The molecule has 1 spiro atoms. The van der Waals surface area contributed by atoms with Gasteiger partial charge in [-0.25, -0.2) is 13.2 Å². The van der Waals surface area contributed by atoms with Gasteiger partial charge in [0.05, 0.1) is 23.0 Å². The molecule has 0 radical (unpaired) electrons. The molecule has 1 aromatic rings. The molecule has 2 amide bonds. The lowest BCUT2D eigenvalue weighted by Gasteiger charge is -2.62. The molecule has 1 saturated carbocycles. The van der Waals surface area contributed by atoms with E-state index < -0.39 is 15.3 Å². The Bertz CT molecular complexity index is 877. The third kappa shape index (κ3) is 3.20. The molecular weight excluding hydrogens is 362 g/mol. The monoisotopic (exact) mass is 387 g/mol. The minimum Gasteiger partial charge on any atom is -0.327 e. The lowest BCUT2D eigenvalue weighted by atomic mass is 9.48. The number of sulfone groups is 1. The summed E-state index contributed by atoms with van der Waals surface area (Å²) >= 11 is 0. The van der Waals surface area contributed by atoms with E-state index in [0.717, 1.165) is 18.4 Å². The fourth-order valence-corrected chi connectivity index (χ4v) is 7.03. The van der Waals surface area contributed by atoms with Crippen LogP contribution in [-0.4, -0.2) is 62.4 Å². The number of carbonyl (C=O) groups excluding carboxylic acids is 1. The van der Waals surface area contributed by atoms with Gasteiger partial charge in [-0.15, -0.1) is 0 Å². The SMILES string of the molecule is CN(CC1CCS(=O)(=O)C1)C(=O)N1CC2(C1)CC(C#N)(c1ccccc1)C2.